The lowest BCUT2D eigenvalue weighted by Crippen LogP contribution is -2.01. The number of aryl methyl sites for hydroxylation is 3. The molecule has 2 rings (SSSR count). The predicted molar refractivity (Wildman–Crippen MR) is 64.3 cm³/mol. The van der Waals surface area contributed by atoms with E-state index in [9.17, 15) is 0 Å². The summed E-state index contributed by atoms with van der Waals surface area (Å²) in [4.78, 5) is 4.68. The summed E-state index contributed by atoms with van der Waals surface area (Å²) in [5, 5.41) is 1.28. The van der Waals surface area contributed by atoms with Crippen molar-refractivity contribution in [2.75, 3.05) is 0 Å². The number of hydrogen-bond donors (Lipinski definition) is 0. The van der Waals surface area contributed by atoms with Crippen LogP contribution in [0.5, 0.6) is 0 Å². The molecule has 0 fully saturated rings. The lowest BCUT2D eigenvalue weighted by Gasteiger charge is -2.14. The molecule has 0 radical (unpaired) electrons. The fraction of sp³-hybridized carbons (Fsp3) is 0.462. The van der Waals surface area contributed by atoms with E-state index in [1.807, 2.05) is 7.05 Å². The molecule has 0 saturated carbocycles. The SMILES string of the molecule is Cc1nc2c(ccn2C)c(C)c1C(C)C. The van der Waals surface area contributed by atoms with Gasteiger partial charge in [-0.2, -0.15) is 0 Å². The van der Waals surface area contributed by atoms with Crippen LogP contribution in [0.1, 0.15) is 36.6 Å². The van der Waals surface area contributed by atoms with Crippen molar-refractivity contribution in [2.45, 2.75) is 33.6 Å². The van der Waals surface area contributed by atoms with Gasteiger partial charge < -0.3 is 4.57 Å². The number of rotatable bonds is 1. The van der Waals surface area contributed by atoms with Crippen LogP contribution in [0.3, 0.4) is 0 Å². The van der Waals surface area contributed by atoms with Crippen molar-refractivity contribution in [1.29, 1.82) is 0 Å². The molecule has 0 bridgehead atoms. The summed E-state index contributed by atoms with van der Waals surface area (Å²) in [6, 6.07) is 2.16. The summed E-state index contributed by atoms with van der Waals surface area (Å²) in [5.41, 5.74) is 5.04. The van der Waals surface area contributed by atoms with E-state index in [2.05, 4.69) is 49.5 Å². The quantitative estimate of drug-likeness (QED) is 0.693. The molecule has 2 nitrogen and oxygen atoms in total. The Morgan fingerprint density at radius 1 is 1.27 bits per heavy atom. The lowest BCUT2D eigenvalue weighted by atomic mass is 9.95. The van der Waals surface area contributed by atoms with Crippen LogP contribution in [0.4, 0.5) is 0 Å². The van der Waals surface area contributed by atoms with E-state index < -0.39 is 0 Å². The van der Waals surface area contributed by atoms with Crippen LogP contribution in [0.25, 0.3) is 11.0 Å². The largest absolute Gasteiger partial charge is 0.336 e. The van der Waals surface area contributed by atoms with E-state index in [1.54, 1.807) is 0 Å². The summed E-state index contributed by atoms with van der Waals surface area (Å²) >= 11 is 0. The van der Waals surface area contributed by atoms with E-state index >= 15 is 0 Å². The standard InChI is InChI=1S/C13H18N2/c1-8(2)12-9(3)11-6-7-15(5)13(11)14-10(12)4/h6-8H,1-5H3. The molecule has 15 heavy (non-hydrogen) atoms. The topological polar surface area (TPSA) is 17.8 Å². The Balaban J connectivity index is 2.85. The Kier molecular flexibility index (Phi) is 2.29. The minimum atomic E-state index is 0.544. The monoisotopic (exact) mass is 202 g/mol. The zero-order valence-electron chi connectivity index (χ0n) is 10.1. The summed E-state index contributed by atoms with van der Waals surface area (Å²) in [7, 11) is 2.04. The molecule has 0 spiro atoms. The van der Waals surface area contributed by atoms with E-state index in [0.29, 0.717) is 5.92 Å². The predicted octanol–water partition coefficient (Wildman–Crippen LogP) is 3.31. The maximum absolute atomic E-state index is 4.68. The zero-order valence-corrected chi connectivity index (χ0v) is 10.1. The van der Waals surface area contributed by atoms with Gasteiger partial charge in [0.05, 0.1) is 0 Å². The molecule has 2 heteroatoms. The molecular weight excluding hydrogens is 184 g/mol. The molecule has 2 aromatic heterocycles. The number of hydrogen-bond acceptors (Lipinski definition) is 1. The highest BCUT2D eigenvalue weighted by Crippen LogP contribution is 2.28. The third kappa shape index (κ3) is 1.44. The Bertz CT molecular complexity index is 507. The molecule has 2 heterocycles. The van der Waals surface area contributed by atoms with Crippen molar-refractivity contribution in [3.05, 3.63) is 29.1 Å². The van der Waals surface area contributed by atoms with Crippen molar-refractivity contribution in [3.8, 4) is 0 Å². The molecule has 0 aliphatic carbocycles. The summed E-state index contributed by atoms with van der Waals surface area (Å²) in [6.45, 7) is 8.76. The first-order valence-electron chi connectivity index (χ1n) is 5.44. The number of aromatic nitrogens is 2. The maximum Gasteiger partial charge on any atom is 0.140 e. The van der Waals surface area contributed by atoms with Gasteiger partial charge in [0.25, 0.3) is 0 Å². The zero-order chi connectivity index (χ0) is 11.2. The van der Waals surface area contributed by atoms with Crippen molar-refractivity contribution < 1.29 is 0 Å². The normalized spacial score (nSPS) is 11.6. The van der Waals surface area contributed by atoms with Gasteiger partial charge in [-0.25, -0.2) is 4.98 Å². The van der Waals surface area contributed by atoms with Crippen LogP contribution in [-0.2, 0) is 7.05 Å². The lowest BCUT2D eigenvalue weighted by molar-refractivity contribution is 0.833. The Hall–Kier alpha value is -1.31. The van der Waals surface area contributed by atoms with E-state index in [4.69, 9.17) is 0 Å². The average molecular weight is 202 g/mol. The Morgan fingerprint density at radius 2 is 1.93 bits per heavy atom. The highest BCUT2D eigenvalue weighted by Gasteiger charge is 2.13. The molecule has 0 unspecified atom stereocenters. The van der Waals surface area contributed by atoms with Crippen LogP contribution in [-0.4, -0.2) is 9.55 Å². The number of nitrogens with zero attached hydrogens (tertiary/aromatic N) is 2. The average Bonchev–Trinajstić information content (AvgIpc) is 2.47. The Labute approximate surface area is 90.9 Å². The van der Waals surface area contributed by atoms with Gasteiger partial charge in [0.15, 0.2) is 0 Å². The fourth-order valence-electron chi connectivity index (χ4n) is 2.44. The van der Waals surface area contributed by atoms with E-state index in [1.165, 1.54) is 16.5 Å². The van der Waals surface area contributed by atoms with E-state index in [-0.39, 0.29) is 0 Å². The molecule has 0 N–H and O–H groups in total. The van der Waals surface area contributed by atoms with Crippen LogP contribution in [0, 0.1) is 13.8 Å². The van der Waals surface area contributed by atoms with Gasteiger partial charge in [0, 0.05) is 24.3 Å². The smallest absolute Gasteiger partial charge is 0.140 e. The van der Waals surface area contributed by atoms with Gasteiger partial charge in [-0.3, -0.25) is 0 Å². The fourth-order valence-corrected chi connectivity index (χ4v) is 2.44. The van der Waals surface area contributed by atoms with Crippen LogP contribution in [0.2, 0.25) is 0 Å². The molecule has 0 aromatic carbocycles. The molecule has 0 atom stereocenters. The van der Waals surface area contributed by atoms with Crippen molar-refractivity contribution >= 4 is 11.0 Å². The number of pyridine rings is 1. The molecule has 0 saturated heterocycles. The van der Waals surface area contributed by atoms with Crippen molar-refractivity contribution in [2.24, 2.45) is 7.05 Å². The maximum atomic E-state index is 4.68. The Morgan fingerprint density at radius 3 is 2.53 bits per heavy atom. The second-order valence-electron chi connectivity index (χ2n) is 4.55. The summed E-state index contributed by atoms with van der Waals surface area (Å²) in [6.07, 6.45) is 2.08. The highest BCUT2D eigenvalue weighted by molar-refractivity contribution is 5.81. The van der Waals surface area contributed by atoms with Gasteiger partial charge in [-0.15, -0.1) is 0 Å². The first-order valence-corrected chi connectivity index (χ1v) is 5.44. The summed E-state index contributed by atoms with van der Waals surface area (Å²) < 4.78 is 2.08. The molecule has 0 aliphatic rings. The minimum Gasteiger partial charge on any atom is -0.336 e. The first kappa shape index (κ1) is 10.2. The van der Waals surface area contributed by atoms with Crippen LogP contribution < -0.4 is 0 Å². The van der Waals surface area contributed by atoms with Crippen LogP contribution in [0.15, 0.2) is 12.3 Å². The van der Waals surface area contributed by atoms with Crippen molar-refractivity contribution in [1.82, 2.24) is 9.55 Å². The molecule has 0 amide bonds. The first-order chi connectivity index (χ1) is 7.02. The van der Waals surface area contributed by atoms with E-state index in [0.717, 1.165) is 11.3 Å². The van der Waals surface area contributed by atoms with Gasteiger partial charge in [-0.05, 0) is 37.0 Å². The second kappa shape index (κ2) is 3.37. The minimum absolute atomic E-state index is 0.544. The van der Waals surface area contributed by atoms with Gasteiger partial charge >= 0.3 is 0 Å². The molecule has 2 aromatic rings. The second-order valence-corrected chi connectivity index (χ2v) is 4.55. The third-order valence-electron chi connectivity index (χ3n) is 3.09. The highest BCUT2D eigenvalue weighted by atomic mass is 15.0. The molecule has 80 valence electrons. The molecule has 0 aliphatic heterocycles. The van der Waals surface area contributed by atoms with Crippen molar-refractivity contribution in [3.63, 3.8) is 0 Å². The van der Waals surface area contributed by atoms with Gasteiger partial charge in [-0.1, -0.05) is 13.8 Å². The van der Waals surface area contributed by atoms with Gasteiger partial charge in [0.2, 0.25) is 0 Å². The van der Waals surface area contributed by atoms with Crippen LogP contribution >= 0.6 is 0 Å². The molecular formula is C13H18N2. The summed E-state index contributed by atoms with van der Waals surface area (Å²) in [5.74, 6) is 0.544. The van der Waals surface area contributed by atoms with Gasteiger partial charge in [0.1, 0.15) is 5.65 Å². The third-order valence-corrected chi connectivity index (χ3v) is 3.09. The number of fused-ring (bicyclic) bond motifs is 1.